The lowest BCUT2D eigenvalue weighted by Crippen LogP contribution is -2.10. The number of hydrogen-bond donors (Lipinski definition) is 0. The number of para-hydroxylation sites is 1. The maximum Gasteiger partial charge on any atom is 0.136 e. The number of furan rings is 1. The highest BCUT2D eigenvalue weighted by Crippen LogP contribution is 2.46. The fourth-order valence-corrected chi connectivity index (χ4v) is 9.49. The lowest BCUT2D eigenvalue weighted by Gasteiger charge is -2.26. The van der Waals surface area contributed by atoms with Crippen molar-refractivity contribution in [2.45, 2.75) is 0 Å². The molecule has 0 unspecified atom stereocenters. The fourth-order valence-electron chi connectivity index (χ4n) is 8.29. The van der Waals surface area contributed by atoms with Gasteiger partial charge in [-0.25, -0.2) is 0 Å². The van der Waals surface area contributed by atoms with Crippen LogP contribution in [0.15, 0.2) is 205 Å². The molecule has 258 valence electrons. The smallest absolute Gasteiger partial charge is 0.136 e. The van der Waals surface area contributed by atoms with E-state index >= 15 is 0 Å². The second-order valence-corrected chi connectivity index (χ2v) is 15.1. The molecule has 11 aromatic rings. The topological polar surface area (TPSA) is 16.4 Å². The van der Waals surface area contributed by atoms with Crippen LogP contribution in [0.25, 0.3) is 86.3 Å². The van der Waals surface area contributed by atoms with Gasteiger partial charge < -0.3 is 9.32 Å². The molecule has 2 nitrogen and oxygen atoms in total. The van der Waals surface area contributed by atoms with Gasteiger partial charge in [-0.1, -0.05) is 146 Å². The van der Waals surface area contributed by atoms with Crippen LogP contribution in [-0.2, 0) is 0 Å². The van der Waals surface area contributed by atoms with Gasteiger partial charge in [-0.05, 0) is 98.8 Å². The van der Waals surface area contributed by atoms with Crippen molar-refractivity contribution in [1.82, 2.24) is 0 Å². The van der Waals surface area contributed by atoms with Crippen molar-refractivity contribution in [3.8, 4) is 33.4 Å². The minimum Gasteiger partial charge on any atom is -0.456 e. The normalized spacial score (nSPS) is 11.6. The molecular weight excluding hydrogens is 687 g/mol. The number of thiophene rings is 1. The Morgan fingerprint density at radius 3 is 1.84 bits per heavy atom. The van der Waals surface area contributed by atoms with E-state index < -0.39 is 0 Å². The molecule has 0 atom stereocenters. The molecule has 0 spiro atoms. The van der Waals surface area contributed by atoms with Crippen LogP contribution in [0, 0.1) is 0 Å². The highest BCUT2D eigenvalue weighted by molar-refractivity contribution is 7.26. The summed E-state index contributed by atoms with van der Waals surface area (Å²) in [6.45, 7) is 0. The lowest BCUT2D eigenvalue weighted by molar-refractivity contribution is 0.669. The summed E-state index contributed by atoms with van der Waals surface area (Å²) in [5.74, 6) is 0. The summed E-state index contributed by atoms with van der Waals surface area (Å²) in [6.07, 6.45) is 0. The maximum atomic E-state index is 6.24. The zero-order chi connectivity index (χ0) is 36.3. The largest absolute Gasteiger partial charge is 0.456 e. The molecule has 3 heteroatoms. The first-order chi connectivity index (χ1) is 27.3. The van der Waals surface area contributed by atoms with E-state index in [0.29, 0.717) is 0 Å². The average Bonchev–Trinajstić information content (AvgIpc) is 3.83. The second kappa shape index (κ2) is 12.9. The Balaban J connectivity index is 1.02. The number of nitrogens with zero attached hydrogens (tertiary/aromatic N) is 1. The highest BCUT2D eigenvalue weighted by Gasteiger charge is 2.19. The van der Waals surface area contributed by atoms with Gasteiger partial charge in [0.1, 0.15) is 11.2 Å². The van der Waals surface area contributed by atoms with E-state index in [1.54, 1.807) is 0 Å². The van der Waals surface area contributed by atoms with Crippen molar-refractivity contribution in [1.29, 1.82) is 0 Å². The van der Waals surface area contributed by atoms with E-state index in [2.05, 4.69) is 193 Å². The van der Waals surface area contributed by atoms with Crippen LogP contribution in [0.4, 0.5) is 17.1 Å². The maximum absolute atomic E-state index is 6.24. The molecule has 0 saturated heterocycles. The minimum atomic E-state index is 0.906. The number of hydrogen-bond acceptors (Lipinski definition) is 3. The fraction of sp³-hybridized carbons (Fsp3) is 0. The predicted octanol–water partition coefficient (Wildman–Crippen LogP) is 15.6. The highest BCUT2D eigenvalue weighted by atomic mass is 32.1. The summed E-state index contributed by atoms with van der Waals surface area (Å²) in [5.41, 5.74) is 12.4. The second-order valence-electron chi connectivity index (χ2n) is 14.1. The Kier molecular flexibility index (Phi) is 7.39. The summed E-state index contributed by atoms with van der Waals surface area (Å²) in [7, 11) is 0. The summed E-state index contributed by atoms with van der Waals surface area (Å²) in [6, 6.07) is 72.2. The van der Waals surface area contributed by atoms with E-state index in [0.717, 1.165) is 38.9 Å². The summed E-state index contributed by atoms with van der Waals surface area (Å²) in [4.78, 5) is 2.41. The zero-order valence-corrected chi connectivity index (χ0v) is 30.6. The third-order valence-electron chi connectivity index (χ3n) is 10.9. The average molecular weight is 720 g/mol. The Morgan fingerprint density at radius 1 is 0.382 bits per heavy atom. The molecule has 0 aliphatic heterocycles. The van der Waals surface area contributed by atoms with Crippen molar-refractivity contribution < 1.29 is 4.42 Å². The first-order valence-electron chi connectivity index (χ1n) is 18.7. The van der Waals surface area contributed by atoms with Crippen LogP contribution < -0.4 is 4.90 Å². The van der Waals surface area contributed by atoms with Crippen molar-refractivity contribution >= 4 is 81.3 Å². The molecule has 0 radical (unpaired) electrons. The number of anilines is 3. The molecule has 2 aromatic heterocycles. The molecule has 0 aliphatic carbocycles. The van der Waals surface area contributed by atoms with E-state index in [4.69, 9.17) is 4.42 Å². The molecule has 9 aromatic carbocycles. The first kappa shape index (κ1) is 31.6. The van der Waals surface area contributed by atoms with Crippen molar-refractivity contribution in [3.05, 3.63) is 200 Å². The van der Waals surface area contributed by atoms with Gasteiger partial charge in [0.2, 0.25) is 0 Å². The zero-order valence-electron chi connectivity index (χ0n) is 29.8. The third kappa shape index (κ3) is 5.32. The van der Waals surface area contributed by atoms with Crippen molar-refractivity contribution in [3.63, 3.8) is 0 Å². The van der Waals surface area contributed by atoms with Gasteiger partial charge in [0.15, 0.2) is 0 Å². The number of benzene rings is 9. The molecule has 0 aliphatic rings. The predicted molar refractivity (Wildman–Crippen MR) is 235 cm³/mol. The molecule has 0 fully saturated rings. The van der Waals surface area contributed by atoms with Crippen LogP contribution in [0.5, 0.6) is 0 Å². The quantitative estimate of drug-likeness (QED) is 0.170. The van der Waals surface area contributed by atoms with Crippen molar-refractivity contribution in [2.24, 2.45) is 0 Å². The monoisotopic (exact) mass is 719 g/mol. The Bertz CT molecular complexity index is 3200. The number of rotatable bonds is 6. The van der Waals surface area contributed by atoms with Gasteiger partial charge in [0, 0.05) is 37.6 Å². The van der Waals surface area contributed by atoms with Gasteiger partial charge in [-0.15, -0.1) is 11.3 Å². The van der Waals surface area contributed by atoms with Crippen LogP contribution in [-0.4, -0.2) is 0 Å². The van der Waals surface area contributed by atoms with E-state index in [1.807, 2.05) is 23.5 Å². The summed E-state index contributed by atoms with van der Waals surface area (Å²) >= 11 is 1.86. The lowest BCUT2D eigenvalue weighted by atomic mass is 9.95. The molecular formula is C52H33NOS. The van der Waals surface area contributed by atoms with E-state index in [9.17, 15) is 0 Å². The molecule has 0 saturated carbocycles. The standard InChI is InChI=1S/C52H33NOS/c1-2-15-41-35(11-1)12-8-18-42(41)38-14-7-13-37(33-38)34-25-29-39(30-26-34)53(47-21-9-20-45-44-16-4-6-24-50(44)55-52(45)47)40-31-27-36(28-32-40)43-19-10-23-49-51(43)46-17-3-5-22-48(46)54-49/h1-33H. The SMILES string of the molecule is c1cc(-c2ccc(N(c3ccc(-c4cccc5oc6ccccc6c45)cc3)c3cccc4c3sc3ccccc34)cc2)cc(-c2cccc3ccccc23)c1. The Hall–Kier alpha value is -6.94. The number of fused-ring (bicyclic) bond motifs is 7. The minimum absolute atomic E-state index is 0.906. The first-order valence-corrected chi connectivity index (χ1v) is 19.5. The van der Waals surface area contributed by atoms with Crippen molar-refractivity contribution in [2.75, 3.05) is 4.90 Å². The van der Waals surface area contributed by atoms with Gasteiger partial charge in [-0.3, -0.25) is 0 Å². The van der Waals surface area contributed by atoms with Crippen LogP contribution in [0.2, 0.25) is 0 Å². The van der Waals surface area contributed by atoms with Crippen LogP contribution in [0.3, 0.4) is 0 Å². The van der Waals surface area contributed by atoms with Gasteiger partial charge in [0.25, 0.3) is 0 Å². The molecule has 2 heterocycles. The van der Waals surface area contributed by atoms with Crippen LogP contribution >= 0.6 is 11.3 Å². The molecule has 0 bridgehead atoms. The summed E-state index contributed by atoms with van der Waals surface area (Å²) < 4.78 is 8.80. The van der Waals surface area contributed by atoms with Crippen LogP contribution in [0.1, 0.15) is 0 Å². The van der Waals surface area contributed by atoms with E-state index in [1.165, 1.54) is 64.4 Å². The molecule has 0 amide bonds. The molecule has 0 N–H and O–H groups in total. The van der Waals surface area contributed by atoms with E-state index in [-0.39, 0.29) is 0 Å². The Morgan fingerprint density at radius 2 is 0.982 bits per heavy atom. The molecule has 11 rings (SSSR count). The third-order valence-corrected chi connectivity index (χ3v) is 12.1. The van der Waals surface area contributed by atoms with Gasteiger partial charge in [0.05, 0.1) is 10.4 Å². The van der Waals surface area contributed by atoms with Gasteiger partial charge in [-0.2, -0.15) is 0 Å². The summed E-state index contributed by atoms with van der Waals surface area (Å²) in [5, 5.41) is 7.38. The van der Waals surface area contributed by atoms with Gasteiger partial charge >= 0.3 is 0 Å². The Labute approximate surface area is 322 Å². The molecule has 55 heavy (non-hydrogen) atoms.